The van der Waals surface area contributed by atoms with E-state index in [4.69, 9.17) is 0 Å². The number of aromatic nitrogens is 2. The summed E-state index contributed by atoms with van der Waals surface area (Å²) in [6.45, 7) is 1.87. The first-order valence-electron chi connectivity index (χ1n) is 6.43. The number of benzene rings is 2. The fourth-order valence-electron chi connectivity index (χ4n) is 2.14. The molecule has 0 fully saturated rings. The Kier molecular flexibility index (Phi) is 3.94. The maximum absolute atomic E-state index is 13.4. The highest BCUT2D eigenvalue weighted by Crippen LogP contribution is 2.28. The molecule has 2 nitrogen and oxygen atoms in total. The van der Waals surface area contributed by atoms with E-state index in [9.17, 15) is 13.2 Å². The van der Waals surface area contributed by atoms with Crippen LogP contribution in [0.3, 0.4) is 0 Å². The molecular formula is C16H10F3IN2. The van der Waals surface area contributed by atoms with Gasteiger partial charge in [0.1, 0.15) is 0 Å². The lowest BCUT2D eigenvalue weighted by Crippen LogP contribution is -1.99. The van der Waals surface area contributed by atoms with Crippen LogP contribution in [0.25, 0.3) is 16.8 Å². The van der Waals surface area contributed by atoms with Crippen molar-refractivity contribution in [3.8, 4) is 16.8 Å². The Balaban J connectivity index is 2.13. The van der Waals surface area contributed by atoms with Crippen molar-refractivity contribution in [3.63, 3.8) is 0 Å². The first-order chi connectivity index (χ1) is 10.5. The second-order valence-corrected chi connectivity index (χ2v) is 5.98. The Hall–Kier alpha value is -1.83. The first-order valence-corrected chi connectivity index (χ1v) is 7.50. The summed E-state index contributed by atoms with van der Waals surface area (Å²) in [6, 6.07) is 9.15. The van der Waals surface area contributed by atoms with Crippen LogP contribution < -0.4 is 0 Å². The van der Waals surface area contributed by atoms with E-state index in [0.29, 0.717) is 5.56 Å². The molecule has 0 atom stereocenters. The molecule has 0 saturated carbocycles. The summed E-state index contributed by atoms with van der Waals surface area (Å²) < 4.78 is 42.5. The number of hydrogen-bond acceptors (Lipinski definition) is 1. The molecule has 2 aromatic carbocycles. The summed E-state index contributed by atoms with van der Waals surface area (Å²) in [5.74, 6) is -3.87. The van der Waals surface area contributed by atoms with Crippen LogP contribution in [0.4, 0.5) is 13.2 Å². The summed E-state index contributed by atoms with van der Waals surface area (Å²) in [5, 5.41) is 4.33. The Morgan fingerprint density at radius 3 is 2.23 bits per heavy atom. The lowest BCUT2D eigenvalue weighted by atomic mass is 10.0. The van der Waals surface area contributed by atoms with Gasteiger partial charge in [-0.2, -0.15) is 5.10 Å². The van der Waals surface area contributed by atoms with Gasteiger partial charge in [-0.05, 0) is 71.0 Å². The summed E-state index contributed by atoms with van der Waals surface area (Å²) in [5.41, 5.74) is 2.51. The second-order valence-electron chi connectivity index (χ2n) is 4.82. The van der Waals surface area contributed by atoms with E-state index in [-0.39, 0.29) is 5.56 Å². The Morgan fingerprint density at radius 1 is 0.955 bits per heavy atom. The maximum atomic E-state index is 13.4. The molecule has 0 aliphatic heterocycles. The molecular weight excluding hydrogens is 404 g/mol. The molecule has 1 aromatic heterocycles. The molecule has 0 amide bonds. The fraction of sp³-hybridized carbons (Fsp3) is 0.0625. The zero-order valence-corrected chi connectivity index (χ0v) is 13.6. The third-order valence-electron chi connectivity index (χ3n) is 3.23. The molecule has 0 aliphatic carbocycles. The largest absolute Gasteiger partial charge is 0.240 e. The van der Waals surface area contributed by atoms with E-state index in [2.05, 4.69) is 27.7 Å². The maximum Gasteiger partial charge on any atom is 0.194 e. The summed E-state index contributed by atoms with van der Waals surface area (Å²) in [4.78, 5) is 0. The van der Waals surface area contributed by atoms with E-state index in [1.54, 1.807) is 16.8 Å². The molecule has 0 saturated heterocycles. The number of nitrogens with zero attached hydrogens (tertiary/aromatic N) is 2. The summed E-state index contributed by atoms with van der Waals surface area (Å²) in [6.07, 6.45) is 1.81. The monoisotopic (exact) mass is 414 g/mol. The van der Waals surface area contributed by atoms with E-state index in [1.807, 2.05) is 25.3 Å². The minimum absolute atomic E-state index is 0.276. The molecule has 0 radical (unpaired) electrons. The predicted octanol–water partition coefficient (Wildman–Crippen LogP) is 4.87. The second kappa shape index (κ2) is 5.75. The highest BCUT2D eigenvalue weighted by atomic mass is 127. The molecule has 112 valence electrons. The van der Waals surface area contributed by atoms with E-state index >= 15 is 0 Å². The number of halogens is 4. The SMILES string of the molecule is Cc1ccn(-c2cc(-c3cc(F)c(F)c(F)c3)ccc2I)n1. The number of aryl methyl sites for hydroxylation is 1. The summed E-state index contributed by atoms with van der Waals surface area (Å²) in [7, 11) is 0. The van der Waals surface area contributed by atoms with Crippen molar-refractivity contribution in [1.29, 1.82) is 0 Å². The molecule has 0 N–H and O–H groups in total. The average molecular weight is 414 g/mol. The Morgan fingerprint density at radius 2 is 1.64 bits per heavy atom. The van der Waals surface area contributed by atoms with Crippen LogP contribution in [-0.4, -0.2) is 9.78 Å². The molecule has 0 bridgehead atoms. The lowest BCUT2D eigenvalue weighted by molar-refractivity contribution is 0.448. The normalized spacial score (nSPS) is 11.0. The van der Waals surface area contributed by atoms with E-state index < -0.39 is 17.5 Å². The van der Waals surface area contributed by atoms with Crippen molar-refractivity contribution in [2.45, 2.75) is 6.92 Å². The minimum atomic E-state index is -1.46. The van der Waals surface area contributed by atoms with Gasteiger partial charge in [-0.3, -0.25) is 0 Å². The number of hydrogen-bond donors (Lipinski definition) is 0. The van der Waals surface area contributed by atoms with Gasteiger partial charge >= 0.3 is 0 Å². The van der Waals surface area contributed by atoms with Crippen LogP contribution >= 0.6 is 22.6 Å². The van der Waals surface area contributed by atoms with Crippen LogP contribution in [0.2, 0.25) is 0 Å². The van der Waals surface area contributed by atoms with Crippen LogP contribution in [0, 0.1) is 27.9 Å². The van der Waals surface area contributed by atoms with Crippen molar-refractivity contribution in [3.05, 3.63) is 69.3 Å². The molecule has 0 unspecified atom stereocenters. The van der Waals surface area contributed by atoms with Gasteiger partial charge in [0.2, 0.25) is 0 Å². The topological polar surface area (TPSA) is 17.8 Å². The zero-order chi connectivity index (χ0) is 15.9. The standard InChI is InChI=1S/C16H10F3IN2/c1-9-4-5-22(21-9)15-8-10(2-3-14(15)20)11-6-12(17)16(19)13(18)7-11/h2-8H,1H3. The predicted molar refractivity (Wildman–Crippen MR) is 86.3 cm³/mol. The molecule has 1 heterocycles. The van der Waals surface area contributed by atoms with Crippen molar-refractivity contribution < 1.29 is 13.2 Å². The quantitative estimate of drug-likeness (QED) is 0.432. The fourth-order valence-corrected chi connectivity index (χ4v) is 2.72. The van der Waals surface area contributed by atoms with Crippen molar-refractivity contribution >= 4 is 22.6 Å². The lowest BCUT2D eigenvalue weighted by Gasteiger charge is -2.09. The first kappa shape index (κ1) is 15.1. The molecule has 0 aliphatic rings. The van der Waals surface area contributed by atoms with Gasteiger partial charge in [0, 0.05) is 9.77 Å². The van der Waals surface area contributed by atoms with Gasteiger partial charge in [0.05, 0.1) is 11.4 Å². The highest BCUT2D eigenvalue weighted by Gasteiger charge is 2.13. The minimum Gasteiger partial charge on any atom is -0.240 e. The zero-order valence-electron chi connectivity index (χ0n) is 11.4. The third kappa shape index (κ3) is 2.75. The Labute approximate surface area is 138 Å². The summed E-state index contributed by atoms with van der Waals surface area (Å²) >= 11 is 2.16. The highest BCUT2D eigenvalue weighted by molar-refractivity contribution is 14.1. The van der Waals surface area contributed by atoms with Gasteiger partial charge in [0.25, 0.3) is 0 Å². The molecule has 0 spiro atoms. The number of rotatable bonds is 2. The van der Waals surface area contributed by atoms with Crippen molar-refractivity contribution in [2.24, 2.45) is 0 Å². The van der Waals surface area contributed by atoms with Gasteiger partial charge in [-0.1, -0.05) is 6.07 Å². The van der Waals surface area contributed by atoms with E-state index in [1.165, 1.54) is 0 Å². The Bertz CT molecular complexity index is 835. The third-order valence-corrected chi connectivity index (χ3v) is 4.14. The van der Waals surface area contributed by atoms with Crippen molar-refractivity contribution in [1.82, 2.24) is 9.78 Å². The van der Waals surface area contributed by atoms with Crippen LogP contribution in [-0.2, 0) is 0 Å². The van der Waals surface area contributed by atoms with Crippen LogP contribution in [0.15, 0.2) is 42.6 Å². The average Bonchev–Trinajstić information content (AvgIpc) is 2.91. The molecule has 3 rings (SSSR count). The van der Waals surface area contributed by atoms with Crippen molar-refractivity contribution in [2.75, 3.05) is 0 Å². The van der Waals surface area contributed by atoms with Gasteiger partial charge in [-0.25, -0.2) is 17.9 Å². The van der Waals surface area contributed by atoms with Gasteiger partial charge < -0.3 is 0 Å². The molecule has 3 aromatic rings. The molecule has 6 heteroatoms. The van der Waals surface area contributed by atoms with Crippen LogP contribution in [0.5, 0.6) is 0 Å². The van der Waals surface area contributed by atoms with Gasteiger partial charge in [-0.15, -0.1) is 0 Å². The molecule has 22 heavy (non-hydrogen) atoms. The van der Waals surface area contributed by atoms with Crippen LogP contribution in [0.1, 0.15) is 5.69 Å². The smallest absolute Gasteiger partial charge is 0.194 e. The van der Waals surface area contributed by atoms with E-state index in [0.717, 1.165) is 27.1 Å². The van der Waals surface area contributed by atoms with Gasteiger partial charge in [0.15, 0.2) is 17.5 Å².